The summed E-state index contributed by atoms with van der Waals surface area (Å²) < 4.78 is 1.07. The third kappa shape index (κ3) is 4.30. The highest BCUT2D eigenvalue weighted by molar-refractivity contribution is 9.10. The first-order valence-corrected chi connectivity index (χ1v) is 7.45. The average molecular weight is 331 g/mol. The van der Waals surface area contributed by atoms with Crippen molar-refractivity contribution in [3.8, 4) is 0 Å². The second kappa shape index (κ2) is 6.59. The summed E-state index contributed by atoms with van der Waals surface area (Å²) in [5.74, 6) is -0.312. The molecule has 18 heavy (non-hydrogen) atoms. The molecule has 100 valence electrons. The summed E-state index contributed by atoms with van der Waals surface area (Å²) in [6, 6.07) is 8.15. The van der Waals surface area contributed by atoms with Crippen molar-refractivity contribution in [1.82, 2.24) is 5.32 Å². The smallest absolute Gasteiger partial charge is 0.237 e. The predicted molar refractivity (Wildman–Crippen MR) is 80.7 cm³/mol. The van der Waals surface area contributed by atoms with Gasteiger partial charge in [0, 0.05) is 14.6 Å². The van der Waals surface area contributed by atoms with Crippen LogP contribution in [0.15, 0.2) is 33.6 Å². The van der Waals surface area contributed by atoms with E-state index in [-0.39, 0.29) is 5.91 Å². The lowest BCUT2D eigenvalue weighted by molar-refractivity contribution is -0.123. The number of hydrogen-bond acceptors (Lipinski definition) is 3. The lowest BCUT2D eigenvalue weighted by Crippen LogP contribution is -2.52. The molecule has 0 saturated carbocycles. The van der Waals surface area contributed by atoms with Gasteiger partial charge in [0.05, 0.1) is 5.54 Å². The molecule has 0 spiro atoms. The second-order valence-electron chi connectivity index (χ2n) is 4.53. The van der Waals surface area contributed by atoms with Crippen molar-refractivity contribution in [2.75, 3.05) is 7.05 Å². The monoisotopic (exact) mass is 330 g/mol. The minimum atomic E-state index is -0.651. The normalized spacial score (nSPS) is 16.0. The molecule has 0 saturated heterocycles. The number of carbonyl (C=O) groups is 1. The molecule has 0 aliphatic carbocycles. The molecule has 0 aliphatic heterocycles. The van der Waals surface area contributed by atoms with Gasteiger partial charge in [-0.3, -0.25) is 4.79 Å². The van der Waals surface area contributed by atoms with E-state index >= 15 is 0 Å². The summed E-state index contributed by atoms with van der Waals surface area (Å²) in [5, 5.41) is 3.31. The van der Waals surface area contributed by atoms with Crippen LogP contribution in [0.1, 0.15) is 20.3 Å². The molecule has 3 N–H and O–H groups in total. The van der Waals surface area contributed by atoms with Gasteiger partial charge in [0.15, 0.2) is 0 Å². The Kier molecular flexibility index (Phi) is 5.69. The quantitative estimate of drug-likeness (QED) is 0.788. The van der Waals surface area contributed by atoms with E-state index < -0.39 is 5.54 Å². The van der Waals surface area contributed by atoms with Gasteiger partial charge in [0.2, 0.25) is 5.91 Å². The number of likely N-dealkylation sites (N-methyl/N-ethyl adjacent to an activating group) is 1. The van der Waals surface area contributed by atoms with Crippen molar-refractivity contribution >= 4 is 33.6 Å². The number of amides is 1. The van der Waals surface area contributed by atoms with Gasteiger partial charge in [0.25, 0.3) is 0 Å². The molecule has 2 unspecified atom stereocenters. The van der Waals surface area contributed by atoms with Crippen molar-refractivity contribution < 1.29 is 4.79 Å². The molecule has 0 aromatic heterocycles. The molecule has 0 aliphatic rings. The Hall–Kier alpha value is -0.520. The van der Waals surface area contributed by atoms with E-state index in [1.807, 2.05) is 19.1 Å². The standard InChI is InChI=1S/C13H19BrN2OS/c1-9(8-13(2,16-3)12(15)17)18-11-6-4-10(14)5-7-11/h4-7,9,16H,8H2,1-3H3,(H2,15,17). The molecule has 0 radical (unpaired) electrons. The number of carbonyl (C=O) groups excluding carboxylic acids is 1. The van der Waals surface area contributed by atoms with Crippen molar-refractivity contribution in [3.63, 3.8) is 0 Å². The summed E-state index contributed by atoms with van der Waals surface area (Å²) in [6.07, 6.45) is 0.694. The molecule has 1 aromatic rings. The minimum Gasteiger partial charge on any atom is -0.368 e. The Balaban J connectivity index is 2.63. The first-order valence-electron chi connectivity index (χ1n) is 5.78. The zero-order valence-corrected chi connectivity index (χ0v) is 13.3. The Morgan fingerprint density at radius 1 is 1.50 bits per heavy atom. The predicted octanol–water partition coefficient (Wildman–Crippen LogP) is 2.78. The van der Waals surface area contributed by atoms with E-state index in [0.717, 1.165) is 4.47 Å². The van der Waals surface area contributed by atoms with E-state index in [9.17, 15) is 4.79 Å². The van der Waals surface area contributed by atoms with E-state index in [1.165, 1.54) is 4.90 Å². The van der Waals surface area contributed by atoms with Crippen LogP contribution >= 0.6 is 27.7 Å². The number of halogens is 1. The molecular formula is C13H19BrN2OS. The number of hydrogen-bond donors (Lipinski definition) is 2. The summed E-state index contributed by atoms with van der Waals surface area (Å²) in [5.41, 5.74) is 4.78. The first-order chi connectivity index (χ1) is 8.37. The van der Waals surface area contributed by atoms with Gasteiger partial charge < -0.3 is 11.1 Å². The fraction of sp³-hybridized carbons (Fsp3) is 0.462. The highest BCUT2D eigenvalue weighted by atomic mass is 79.9. The molecule has 0 heterocycles. The van der Waals surface area contributed by atoms with Crippen LogP contribution in [0.25, 0.3) is 0 Å². The number of nitrogens with two attached hydrogens (primary N) is 1. The average Bonchev–Trinajstić information content (AvgIpc) is 2.31. The second-order valence-corrected chi connectivity index (χ2v) is 6.96. The van der Waals surface area contributed by atoms with Crippen molar-refractivity contribution in [2.24, 2.45) is 5.73 Å². The maximum absolute atomic E-state index is 11.4. The number of thioether (sulfide) groups is 1. The van der Waals surface area contributed by atoms with Gasteiger partial charge >= 0.3 is 0 Å². The summed E-state index contributed by atoms with van der Waals surface area (Å²) in [4.78, 5) is 12.6. The van der Waals surface area contributed by atoms with Crippen molar-refractivity contribution in [3.05, 3.63) is 28.7 Å². The number of primary amides is 1. The van der Waals surface area contributed by atoms with Gasteiger partial charge in [-0.15, -0.1) is 11.8 Å². The molecule has 0 bridgehead atoms. The third-order valence-electron chi connectivity index (χ3n) is 2.94. The molecule has 1 rings (SSSR count). The zero-order valence-electron chi connectivity index (χ0n) is 10.9. The maximum atomic E-state index is 11.4. The SMILES string of the molecule is CNC(C)(CC(C)Sc1ccc(Br)cc1)C(N)=O. The Labute approximate surface area is 121 Å². The van der Waals surface area contributed by atoms with Crippen LogP contribution in [-0.2, 0) is 4.79 Å². The fourth-order valence-corrected chi connectivity index (χ4v) is 3.13. The zero-order chi connectivity index (χ0) is 13.8. The molecule has 0 fully saturated rings. The van der Waals surface area contributed by atoms with Crippen molar-refractivity contribution in [1.29, 1.82) is 0 Å². The van der Waals surface area contributed by atoms with Crippen LogP contribution < -0.4 is 11.1 Å². The fourth-order valence-electron chi connectivity index (χ4n) is 1.69. The van der Waals surface area contributed by atoms with Gasteiger partial charge in [-0.2, -0.15) is 0 Å². The molecule has 1 amide bonds. The van der Waals surface area contributed by atoms with Crippen molar-refractivity contribution in [2.45, 2.75) is 36.0 Å². The largest absolute Gasteiger partial charge is 0.368 e. The molecule has 2 atom stereocenters. The van der Waals surface area contributed by atoms with E-state index in [4.69, 9.17) is 5.73 Å². The summed E-state index contributed by atoms with van der Waals surface area (Å²) >= 11 is 5.15. The van der Waals surface area contributed by atoms with E-state index in [2.05, 4.69) is 40.3 Å². The Morgan fingerprint density at radius 2 is 2.06 bits per heavy atom. The van der Waals surface area contributed by atoms with Gasteiger partial charge in [0.1, 0.15) is 0 Å². The van der Waals surface area contributed by atoms with Crippen LogP contribution in [0, 0.1) is 0 Å². The third-order valence-corrected chi connectivity index (χ3v) is 4.58. The van der Waals surface area contributed by atoms with Gasteiger partial charge in [-0.1, -0.05) is 22.9 Å². The number of benzene rings is 1. The lowest BCUT2D eigenvalue weighted by Gasteiger charge is -2.28. The van der Waals surface area contributed by atoms with Crippen LogP contribution in [0.2, 0.25) is 0 Å². The van der Waals surface area contributed by atoms with Crippen LogP contribution in [-0.4, -0.2) is 23.7 Å². The van der Waals surface area contributed by atoms with Gasteiger partial charge in [-0.25, -0.2) is 0 Å². The number of nitrogens with one attached hydrogen (secondary N) is 1. The highest BCUT2D eigenvalue weighted by Crippen LogP contribution is 2.29. The summed E-state index contributed by atoms with van der Waals surface area (Å²) in [6.45, 7) is 3.94. The highest BCUT2D eigenvalue weighted by Gasteiger charge is 2.31. The molecule has 1 aromatic carbocycles. The molecule has 3 nitrogen and oxygen atoms in total. The number of rotatable bonds is 6. The minimum absolute atomic E-state index is 0.302. The van der Waals surface area contributed by atoms with Crippen LogP contribution in [0.3, 0.4) is 0 Å². The Morgan fingerprint density at radius 3 is 2.50 bits per heavy atom. The Bertz CT molecular complexity index is 410. The van der Waals surface area contributed by atoms with E-state index in [1.54, 1.807) is 18.8 Å². The summed E-state index contributed by atoms with van der Waals surface area (Å²) in [7, 11) is 1.77. The maximum Gasteiger partial charge on any atom is 0.237 e. The molecular weight excluding hydrogens is 312 g/mol. The first kappa shape index (κ1) is 15.5. The lowest BCUT2D eigenvalue weighted by atomic mass is 9.95. The molecule has 5 heteroatoms. The van der Waals surface area contributed by atoms with E-state index in [0.29, 0.717) is 11.7 Å². The topological polar surface area (TPSA) is 55.1 Å². The van der Waals surface area contributed by atoms with Gasteiger partial charge in [-0.05, 0) is 44.7 Å². The van der Waals surface area contributed by atoms with Crippen LogP contribution in [0.4, 0.5) is 0 Å². The van der Waals surface area contributed by atoms with Crippen LogP contribution in [0.5, 0.6) is 0 Å².